The van der Waals surface area contributed by atoms with E-state index >= 15 is 0 Å². The van der Waals surface area contributed by atoms with Gasteiger partial charge in [0.1, 0.15) is 0 Å². The Morgan fingerprint density at radius 1 is 0.593 bits per heavy atom. The first-order valence-corrected chi connectivity index (χ1v) is 8.95. The first-order valence-electron chi connectivity index (χ1n) is 8.95. The summed E-state index contributed by atoms with van der Waals surface area (Å²) >= 11 is 0. The number of fused-ring (bicyclic) bond motifs is 6. The number of nitrogens with one attached hydrogen (secondary N) is 1. The number of nitrogens with zero attached hydrogens (tertiary/aromatic N) is 2. The fraction of sp³-hybridized carbons (Fsp3) is 0. The molecule has 3 nitrogen and oxygen atoms in total. The predicted octanol–water partition coefficient (Wildman–Crippen LogP) is 4.34. The molecule has 0 spiro atoms. The van der Waals surface area contributed by atoms with Crippen LogP contribution in [0.3, 0.4) is 0 Å². The van der Waals surface area contributed by atoms with E-state index in [9.17, 15) is 0 Å². The highest BCUT2D eigenvalue weighted by atomic mass is 14.8. The standard InChI is InChI=1S/C18H10N2.C6H7N/c1-3-7-14-11(5-1)12-9-10-16-17(18(12)20-14)13-6-2-4-8-15(13)19-16;1-2-4-6-7-5-3-1/h1-10H;1-7H. The Bertz CT molecular complexity index is 1330. The van der Waals surface area contributed by atoms with Gasteiger partial charge in [-0.15, -0.1) is 0 Å². The van der Waals surface area contributed by atoms with E-state index < -0.39 is 0 Å². The summed E-state index contributed by atoms with van der Waals surface area (Å²) in [5, 5.41) is 7.44. The van der Waals surface area contributed by atoms with E-state index in [0.29, 0.717) is 0 Å². The van der Waals surface area contributed by atoms with Gasteiger partial charge in [-0.2, -0.15) is 0 Å². The van der Waals surface area contributed by atoms with E-state index in [0.717, 1.165) is 22.1 Å². The van der Waals surface area contributed by atoms with E-state index in [4.69, 9.17) is 9.98 Å². The summed E-state index contributed by atoms with van der Waals surface area (Å²) in [5.74, 6) is 0. The Hall–Kier alpha value is -3.72. The lowest BCUT2D eigenvalue weighted by Gasteiger charge is -2.01. The van der Waals surface area contributed by atoms with Crippen LogP contribution in [-0.4, -0.2) is 0 Å². The van der Waals surface area contributed by atoms with Crippen molar-refractivity contribution in [3.8, 4) is 11.1 Å². The third-order valence-electron chi connectivity index (χ3n) is 4.71. The molecule has 0 amide bonds. The van der Waals surface area contributed by atoms with Crippen molar-refractivity contribution in [2.24, 2.45) is 9.98 Å². The van der Waals surface area contributed by atoms with E-state index in [1.807, 2.05) is 48.8 Å². The molecule has 3 aliphatic rings. The summed E-state index contributed by atoms with van der Waals surface area (Å²) in [4.78, 5) is 9.52. The molecule has 1 N–H and O–H groups in total. The largest absolute Gasteiger partial charge is 0.368 e. The van der Waals surface area contributed by atoms with Gasteiger partial charge in [0.2, 0.25) is 0 Å². The molecule has 0 bridgehead atoms. The van der Waals surface area contributed by atoms with Crippen LogP contribution in [0.2, 0.25) is 0 Å². The van der Waals surface area contributed by atoms with Gasteiger partial charge in [0.25, 0.3) is 0 Å². The Morgan fingerprint density at radius 3 is 2.26 bits per heavy atom. The molecule has 0 unspecified atom stereocenters. The van der Waals surface area contributed by atoms with E-state index in [1.54, 1.807) is 0 Å². The molecule has 3 heterocycles. The Balaban J connectivity index is 0.000000195. The normalized spacial score (nSPS) is 13.6. The summed E-state index contributed by atoms with van der Waals surface area (Å²) < 4.78 is 0. The summed E-state index contributed by atoms with van der Waals surface area (Å²) in [6.07, 6.45) is 11.6. The van der Waals surface area contributed by atoms with Gasteiger partial charge in [0.15, 0.2) is 0 Å². The lowest BCUT2D eigenvalue weighted by atomic mass is 10.0. The minimum absolute atomic E-state index is 1.03. The zero-order chi connectivity index (χ0) is 18.1. The molecule has 3 aliphatic heterocycles. The molecule has 3 aromatic rings. The third kappa shape index (κ3) is 2.70. The van der Waals surface area contributed by atoms with Crippen molar-refractivity contribution in [2.45, 2.75) is 0 Å². The fourth-order valence-electron chi connectivity index (χ4n) is 3.51. The number of benzene rings is 3. The molecule has 0 radical (unpaired) electrons. The summed E-state index contributed by atoms with van der Waals surface area (Å²) in [6, 6.07) is 20.8. The molecular formula is C24H17N3. The zero-order valence-electron chi connectivity index (χ0n) is 14.6. The SMILES string of the molecule is C1=CC=CNC=C1.c1ccc2c(c1)N=c1ccc3c(c1-2)N=c1ccccc1=3. The molecule has 0 atom stereocenters. The highest BCUT2D eigenvalue weighted by molar-refractivity contribution is 5.86. The zero-order valence-corrected chi connectivity index (χ0v) is 14.6. The average molecular weight is 347 g/mol. The number of hydrogen-bond donors (Lipinski definition) is 1. The molecule has 0 saturated heterocycles. The van der Waals surface area contributed by atoms with Gasteiger partial charge in [-0.05, 0) is 36.4 Å². The molecule has 6 rings (SSSR count). The minimum atomic E-state index is 1.03. The highest BCUT2D eigenvalue weighted by Gasteiger charge is 2.19. The summed E-state index contributed by atoms with van der Waals surface area (Å²) in [7, 11) is 0. The second-order valence-electron chi connectivity index (χ2n) is 6.38. The summed E-state index contributed by atoms with van der Waals surface area (Å²) in [6.45, 7) is 0. The Labute approximate surface area is 156 Å². The van der Waals surface area contributed by atoms with Crippen molar-refractivity contribution < 1.29 is 0 Å². The van der Waals surface area contributed by atoms with E-state index in [2.05, 4.69) is 53.8 Å². The molecule has 0 fully saturated rings. The Morgan fingerprint density at radius 2 is 1.37 bits per heavy atom. The first kappa shape index (κ1) is 15.5. The van der Waals surface area contributed by atoms with Gasteiger partial charge in [-0.1, -0.05) is 48.6 Å². The molecule has 0 aromatic heterocycles. The number of para-hydroxylation sites is 2. The van der Waals surface area contributed by atoms with Crippen LogP contribution in [0, 0.1) is 10.4 Å². The van der Waals surface area contributed by atoms with Crippen LogP contribution in [0.1, 0.15) is 0 Å². The maximum atomic E-state index is 4.83. The van der Waals surface area contributed by atoms with Crippen LogP contribution < -0.4 is 16.0 Å². The minimum Gasteiger partial charge on any atom is -0.368 e. The van der Waals surface area contributed by atoms with Crippen LogP contribution in [0.25, 0.3) is 11.1 Å². The van der Waals surface area contributed by atoms with Gasteiger partial charge in [-0.3, -0.25) is 0 Å². The number of allylic oxidation sites excluding steroid dienone is 4. The van der Waals surface area contributed by atoms with Gasteiger partial charge < -0.3 is 5.32 Å². The topological polar surface area (TPSA) is 36.8 Å². The third-order valence-corrected chi connectivity index (χ3v) is 4.71. The van der Waals surface area contributed by atoms with Crippen molar-refractivity contribution in [1.29, 1.82) is 0 Å². The van der Waals surface area contributed by atoms with E-state index in [-0.39, 0.29) is 0 Å². The van der Waals surface area contributed by atoms with Crippen LogP contribution >= 0.6 is 0 Å². The van der Waals surface area contributed by atoms with Crippen LogP contribution in [0.15, 0.2) is 107 Å². The maximum Gasteiger partial charge on any atom is 0.0817 e. The van der Waals surface area contributed by atoms with Crippen molar-refractivity contribution in [3.05, 3.63) is 119 Å². The monoisotopic (exact) mass is 347 g/mol. The fourth-order valence-corrected chi connectivity index (χ4v) is 3.51. The van der Waals surface area contributed by atoms with Crippen molar-refractivity contribution in [2.75, 3.05) is 0 Å². The Kier molecular flexibility index (Phi) is 3.76. The van der Waals surface area contributed by atoms with Crippen molar-refractivity contribution in [1.82, 2.24) is 5.32 Å². The average Bonchev–Trinajstić information content (AvgIpc) is 3.12. The summed E-state index contributed by atoms with van der Waals surface area (Å²) in [5.41, 5.74) is 4.48. The van der Waals surface area contributed by atoms with Crippen LogP contribution in [0.5, 0.6) is 0 Å². The molecule has 0 aliphatic carbocycles. The van der Waals surface area contributed by atoms with Gasteiger partial charge in [-0.25, -0.2) is 9.98 Å². The van der Waals surface area contributed by atoms with Crippen molar-refractivity contribution >= 4 is 11.4 Å². The maximum absolute atomic E-state index is 4.83. The second-order valence-corrected chi connectivity index (χ2v) is 6.38. The van der Waals surface area contributed by atoms with Gasteiger partial charge >= 0.3 is 0 Å². The number of hydrogen-bond acceptors (Lipinski definition) is 3. The first-order chi connectivity index (χ1) is 13.4. The molecule has 27 heavy (non-hydrogen) atoms. The van der Waals surface area contributed by atoms with Gasteiger partial charge in [0, 0.05) is 34.0 Å². The van der Waals surface area contributed by atoms with Crippen molar-refractivity contribution in [3.63, 3.8) is 0 Å². The predicted molar refractivity (Wildman–Crippen MR) is 108 cm³/mol. The van der Waals surface area contributed by atoms with Crippen LogP contribution in [0.4, 0.5) is 11.4 Å². The lowest BCUT2D eigenvalue weighted by Crippen LogP contribution is -2.00. The lowest BCUT2D eigenvalue weighted by molar-refractivity contribution is 1.20. The van der Waals surface area contributed by atoms with Gasteiger partial charge in [0.05, 0.1) is 22.1 Å². The van der Waals surface area contributed by atoms with E-state index in [1.165, 1.54) is 21.6 Å². The second kappa shape index (κ2) is 6.54. The molecular weight excluding hydrogens is 330 g/mol. The highest BCUT2D eigenvalue weighted by Crippen LogP contribution is 2.38. The molecule has 128 valence electrons. The van der Waals surface area contributed by atoms with Crippen LogP contribution in [-0.2, 0) is 0 Å². The smallest absolute Gasteiger partial charge is 0.0817 e. The molecule has 0 saturated carbocycles. The quantitative estimate of drug-likeness (QED) is 0.444. The number of rotatable bonds is 0. The molecule has 3 aromatic carbocycles. The molecule has 3 heteroatoms.